The molecule has 0 saturated heterocycles. The number of thiazole rings is 1. The van der Waals surface area contributed by atoms with E-state index in [1.807, 2.05) is 19.9 Å². The molecule has 0 amide bonds. The van der Waals surface area contributed by atoms with Crippen LogP contribution < -0.4 is 33.8 Å². The number of aromatic nitrogens is 1. The number of hydrogen-bond donors (Lipinski definition) is 0. The van der Waals surface area contributed by atoms with Crippen molar-refractivity contribution >= 4 is 39.3 Å². The fourth-order valence-electron chi connectivity index (χ4n) is 5.18. The number of halogens is 2. The zero-order valence-corrected chi connectivity index (χ0v) is 29.2. The van der Waals surface area contributed by atoms with Crippen molar-refractivity contribution in [2.75, 3.05) is 20.8 Å². The highest BCUT2D eigenvalue weighted by atomic mass is 79.9. The van der Waals surface area contributed by atoms with E-state index in [9.17, 15) is 14.0 Å². The zero-order chi connectivity index (χ0) is 33.8. The van der Waals surface area contributed by atoms with E-state index < -0.39 is 12.0 Å². The molecular weight excluding hydrogens is 691 g/mol. The van der Waals surface area contributed by atoms with Crippen LogP contribution in [0.1, 0.15) is 50.4 Å². The van der Waals surface area contributed by atoms with E-state index in [1.165, 1.54) is 42.3 Å². The third-order valence-electron chi connectivity index (χ3n) is 7.24. The van der Waals surface area contributed by atoms with Crippen LogP contribution in [0.5, 0.6) is 23.0 Å². The minimum atomic E-state index is -0.828. The Bertz CT molecular complexity index is 2040. The lowest BCUT2D eigenvalue weighted by Gasteiger charge is -2.25. The Balaban J connectivity index is 1.60. The quantitative estimate of drug-likeness (QED) is 0.173. The van der Waals surface area contributed by atoms with E-state index >= 15 is 0 Å². The maximum absolute atomic E-state index is 14.2. The second-order valence-corrected chi connectivity index (χ2v) is 12.7. The van der Waals surface area contributed by atoms with Crippen LogP contribution in [0.4, 0.5) is 4.39 Å². The molecule has 0 unspecified atom stereocenters. The SMILES string of the molecule is CCOC(=O)C1=C(C)N=c2s/c(=C\c3cc(OC)c(OCc4cccc(F)c4)cc3Br)c(=O)n2[C@@H]1c1ccc(OC(C)C)c(OC)c1. The summed E-state index contributed by atoms with van der Waals surface area (Å²) in [4.78, 5) is 32.6. The highest BCUT2D eigenvalue weighted by Crippen LogP contribution is 2.37. The first-order valence-electron chi connectivity index (χ1n) is 14.8. The van der Waals surface area contributed by atoms with Gasteiger partial charge in [-0.15, -0.1) is 0 Å². The topological polar surface area (TPSA) is 97.6 Å². The molecular formula is C35H34BrFN2O7S. The summed E-state index contributed by atoms with van der Waals surface area (Å²) in [6.07, 6.45) is 1.64. The third-order valence-corrected chi connectivity index (χ3v) is 8.91. The molecule has 9 nitrogen and oxygen atoms in total. The van der Waals surface area contributed by atoms with E-state index in [4.69, 9.17) is 23.7 Å². The number of esters is 1. The first-order chi connectivity index (χ1) is 22.5. The zero-order valence-electron chi connectivity index (χ0n) is 26.8. The molecule has 0 radical (unpaired) electrons. The number of carbonyl (C=O) groups excluding carboxylic acids is 1. The molecule has 5 rings (SSSR count). The molecule has 3 aromatic carbocycles. The number of carbonyl (C=O) groups is 1. The third kappa shape index (κ3) is 7.28. The smallest absolute Gasteiger partial charge is 0.338 e. The number of rotatable bonds is 11. The molecule has 1 aromatic heterocycles. The second-order valence-electron chi connectivity index (χ2n) is 10.8. The number of fused-ring (bicyclic) bond motifs is 1. The summed E-state index contributed by atoms with van der Waals surface area (Å²) in [5, 5.41) is 0. The Morgan fingerprint density at radius 1 is 1.06 bits per heavy atom. The summed E-state index contributed by atoms with van der Waals surface area (Å²) in [6, 6.07) is 14.2. The van der Waals surface area contributed by atoms with Crippen LogP contribution in [-0.2, 0) is 16.1 Å². The second kappa shape index (κ2) is 14.6. The van der Waals surface area contributed by atoms with E-state index in [-0.39, 0.29) is 36.3 Å². The van der Waals surface area contributed by atoms with Crippen molar-refractivity contribution in [1.29, 1.82) is 0 Å². The van der Waals surface area contributed by atoms with Crippen LogP contribution in [-0.4, -0.2) is 37.5 Å². The average Bonchev–Trinajstić information content (AvgIpc) is 3.34. The standard InChI is InChI=1S/C35H34BrFN2O7S/c1-7-44-34(41)31-20(4)38-35-39(32(31)22-11-12-26(46-19(2)3)27(14-22)42-5)33(40)30(47-35)16-23-15-28(43-6)29(17-25(23)36)45-18-21-9-8-10-24(37)13-21/h8-17,19,32H,7,18H2,1-6H3/b30-16-/t32-/m1/s1. The Morgan fingerprint density at radius 3 is 2.49 bits per heavy atom. The first-order valence-corrected chi connectivity index (χ1v) is 16.4. The molecule has 0 aliphatic carbocycles. The van der Waals surface area contributed by atoms with Gasteiger partial charge in [0.2, 0.25) is 0 Å². The van der Waals surface area contributed by atoms with Gasteiger partial charge in [0, 0.05) is 4.47 Å². The van der Waals surface area contributed by atoms with Gasteiger partial charge < -0.3 is 23.7 Å². The molecule has 47 heavy (non-hydrogen) atoms. The molecule has 1 aliphatic rings. The predicted octanol–water partition coefficient (Wildman–Crippen LogP) is 6.08. The van der Waals surface area contributed by atoms with Gasteiger partial charge in [-0.05, 0) is 86.9 Å². The van der Waals surface area contributed by atoms with Crippen LogP contribution in [0.2, 0.25) is 0 Å². The van der Waals surface area contributed by atoms with Gasteiger partial charge in [-0.25, -0.2) is 14.2 Å². The molecule has 0 fully saturated rings. The molecule has 0 N–H and O–H groups in total. The van der Waals surface area contributed by atoms with Gasteiger partial charge in [-0.2, -0.15) is 0 Å². The Kier molecular flexibility index (Phi) is 10.5. The fraction of sp³-hybridized carbons (Fsp3) is 0.286. The van der Waals surface area contributed by atoms with Crippen molar-refractivity contribution in [3.8, 4) is 23.0 Å². The van der Waals surface area contributed by atoms with Crippen LogP contribution in [0.3, 0.4) is 0 Å². The number of ether oxygens (including phenoxy) is 5. The minimum Gasteiger partial charge on any atom is -0.493 e. The van der Waals surface area contributed by atoms with Crippen LogP contribution in [0.15, 0.2) is 80.1 Å². The van der Waals surface area contributed by atoms with Crippen molar-refractivity contribution in [2.24, 2.45) is 4.99 Å². The van der Waals surface area contributed by atoms with Gasteiger partial charge in [-0.1, -0.05) is 45.5 Å². The lowest BCUT2D eigenvalue weighted by Crippen LogP contribution is -2.40. The minimum absolute atomic E-state index is 0.0864. The molecule has 246 valence electrons. The van der Waals surface area contributed by atoms with Crippen molar-refractivity contribution < 1.29 is 32.9 Å². The highest BCUT2D eigenvalue weighted by molar-refractivity contribution is 9.10. The number of hydrogen-bond acceptors (Lipinski definition) is 9. The molecule has 4 aromatic rings. The number of allylic oxidation sites excluding steroid dienone is 1. The lowest BCUT2D eigenvalue weighted by molar-refractivity contribution is -0.139. The summed E-state index contributed by atoms with van der Waals surface area (Å²) in [6.45, 7) is 7.58. The van der Waals surface area contributed by atoms with Gasteiger partial charge >= 0.3 is 5.97 Å². The molecule has 12 heteroatoms. The number of nitrogens with zero attached hydrogens (tertiary/aromatic N) is 2. The van der Waals surface area contributed by atoms with E-state index in [1.54, 1.807) is 56.3 Å². The first kappa shape index (κ1) is 33.9. The van der Waals surface area contributed by atoms with Crippen LogP contribution in [0, 0.1) is 5.82 Å². The van der Waals surface area contributed by atoms with Gasteiger partial charge in [-0.3, -0.25) is 9.36 Å². The van der Waals surface area contributed by atoms with E-state index in [0.29, 0.717) is 59.2 Å². The molecule has 0 saturated carbocycles. The molecule has 1 atom stereocenters. The van der Waals surface area contributed by atoms with Crippen molar-refractivity contribution in [3.63, 3.8) is 0 Å². The highest BCUT2D eigenvalue weighted by Gasteiger charge is 2.34. The molecule has 1 aliphatic heterocycles. The molecule has 0 bridgehead atoms. The van der Waals surface area contributed by atoms with Gasteiger partial charge in [0.1, 0.15) is 12.4 Å². The van der Waals surface area contributed by atoms with Crippen molar-refractivity contribution in [3.05, 3.63) is 113 Å². The summed E-state index contributed by atoms with van der Waals surface area (Å²) < 4.78 is 44.7. The maximum Gasteiger partial charge on any atom is 0.338 e. The van der Waals surface area contributed by atoms with Crippen molar-refractivity contribution in [2.45, 2.75) is 46.4 Å². The summed E-state index contributed by atoms with van der Waals surface area (Å²) in [5.74, 6) is 0.967. The maximum atomic E-state index is 14.2. The monoisotopic (exact) mass is 724 g/mol. The fourth-order valence-corrected chi connectivity index (χ4v) is 6.65. The Hall–Kier alpha value is -4.42. The van der Waals surface area contributed by atoms with Crippen LogP contribution in [0.25, 0.3) is 6.08 Å². The Morgan fingerprint density at radius 2 is 1.81 bits per heavy atom. The largest absolute Gasteiger partial charge is 0.493 e. The Labute approximate surface area is 283 Å². The van der Waals surface area contributed by atoms with E-state index in [0.717, 1.165) is 0 Å². The van der Waals surface area contributed by atoms with Gasteiger partial charge in [0.15, 0.2) is 27.8 Å². The van der Waals surface area contributed by atoms with Crippen LogP contribution >= 0.6 is 27.3 Å². The van der Waals surface area contributed by atoms with Gasteiger partial charge in [0.05, 0.1) is 48.8 Å². The lowest BCUT2D eigenvalue weighted by atomic mass is 9.95. The van der Waals surface area contributed by atoms with Crippen molar-refractivity contribution in [1.82, 2.24) is 4.57 Å². The predicted molar refractivity (Wildman–Crippen MR) is 181 cm³/mol. The number of methoxy groups -OCH3 is 2. The number of benzene rings is 3. The molecule has 0 spiro atoms. The summed E-state index contributed by atoms with van der Waals surface area (Å²) >= 11 is 4.80. The van der Waals surface area contributed by atoms with E-state index in [2.05, 4.69) is 20.9 Å². The normalized spacial score (nSPS) is 14.5. The van der Waals surface area contributed by atoms with Gasteiger partial charge in [0.25, 0.3) is 5.56 Å². The summed E-state index contributed by atoms with van der Waals surface area (Å²) in [7, 11) is 3.05. The average molecular weight is 726 g/mol. The summed E-state index contributed by atoms with van der Waals surface area (Å²) in [5.41, 5.74) is 2.32. The molecule has 2 heterocycles.